The van der Waals surface area contributed by atoms with Crippen LogP contribution in [0.25, 0.3) is 0 Å². The van der Waals surface area contributed by atoms with Gasteiger partial charge in [0.1, 0.15) is 0 Å². The molecule has 2 heterocycles. The second-order valence-corrected chi connectivity index (χ2v) is 6.28. The maximum Gasteiger partial charge on any atom is 0.0179 e. The third-order valence-corrected chi connectivity index (χ3v) is 5.94. The van der Waals surface area contributed by atoms with Crippen LogP contribution in [0.5, 0.6) is 0 Å². The molecule has 2 saturated heterocycles. The molecule has 2 aliphatic rings. The average molecular weight is 174 g/mol. The third-order valence-electron chi connectivity index (χ3n) is 2.70. The van der Waals surface area contributed by atoms with E-state index < -0.39 is 0 Å². The first kappa shape index (κ1) is 7.35. The molecule has 2 heteroatoms. The first-order valence-electron chi connectivity index (χ1n) is 3.89. The lowest BCUT2D eigenvalue weighted by Gasteiger charge is -2.23. The van der Waals surface area contributed by atoms with Crippen LogP contribution in [0.3, 0.4) is 0 Å². The molecule has 58 valence electrons. The van der Waals surface area contributed by atoms with Gasteiger partial charge >= 0.3 is 0 Å². The number of thioether (sulfide) groups is 2. The van der Waals surface area contributed by atoms with E-state index in [-0.39, 0.29) is 0 Å². The van der Waals surface area contributed by atoms with Crippen molar-refractivity contribution in [2.45, 2.75) is 19.1 Å². The minimum atomic E-state index is 0.638. The second kappa shape index (κ2) is 2.34. The summed E-state index contributed by atoms with van der Waals surface area (Å²) in [6, 6.07) is 0. The highest BCUT2D eigenvalue weighted by atomic mass is 32.2. The summed E-state index contributed by atoms with van der Waals surface area (Å²) < 4.78 is 0. The molecule has 2 aliphatic heterocycles. The third kappa shape index (κ3) is 1.00. The molecule has 0 amide bonds. The largest absolute Gasteiger partial charge is 0.160 e. The Morgan fingerprint density at radius 1 is 1.30 bits per heavy atom. The Morgan fingerprint density at radius 2 is 2.10 bits per heavy atom. The van der Waals surface area contributed by atoms with Gasteiger partial charge in [-0.3, -0.25) is 0 Å². The van der Waals surface area contributed by atoms with Crippen molar-refractivity contribution in [3.05, 3.63) is 0 Å². The Kier molecular flexibility index (Phi) is 1.72. The average Bonchev–Trinajstić information content (AvgIpc) is 2.36. The number of hydrogen-bond donors (Lipinski definition) is 0. The fourth-order valence-electron chi connectivity index (χ4n) is 1.86. The van der Waals surface area contributed by atoms with Crippen LogP contribution in [0.2, 0.25) is 0 Å². The van der Waals surface area contributed by atoms with Gasteiger partial charge in [0, 0.05) is 11.0 Å². The highest BCUT2D eigenvalue weighted by Gasteiger charge is 2.45. The van der Waals surface area contributed by atoms with Gasteiger partial charge in [-0.05, 0) is 22.8 Å². The van der Waals surface area contributed by atoms with Crippen LogP contribution >= 0.6 is 23.5 Å². The predicted octanol–water partition coefficient (Wildman–Crippen LogP) is 2.49. The normalized spacial score (nSPS) is 43.8. The van der Waals surface area contributed by atoms with Crippen LogP contribution in [0.15, 0.2) is 0 Å². The minimum absolute atomic E-state index is 0.638. The van der Waals surface area contributed by atoms with E-state index in [1.807, 2.05) is 0 Å². The molecule has 0 radical (unpaired) electrons. The number of fused-ring (bicyclic) bond motifs is 1. The van der Waals surface area contributed by atoms with E-state index in [1.54, 1.807) is 0 Å². The van der Waals surface area contributed by atoms with Crippen molar-refractivity contribution in [2.75, 3.05) is 17.3 Å². The fourth-order valence-corrected chi connectivity index (χ4v) is 5.74. The van der Waals surface area contributed by atoms with Crippen molar-refractivity contribution in [1.82, 2.24) is 0 Å². The molecule has 0 aliphatic carbocycles. The quantitative estimate of drug-likeness (QED) is 0.553. The van der Waals surface area contributed by atoms with Crippen LogP contribution in [0.1, 0.15) is 13.8 Å². The predicted molar refractivity (Wildman–Crippen MR) is 50.8 cm³/mol. The van der Waals surface area contributed by atoms with Crippen molar-refractivity contribution in [3.63, 3.8) is 0 Å². The fraction of sp³-hybridized carbons (Fsp3) is 1.00. The zero-order chi connectivity index (χ0) is 7.19. The van der Waals surface area contributed by atoms with Crippen LogP contribution in [-0.4, -0.2) is 22.5 Å². The smallest absolute Gasteiger partial charge is 0.0179 e. The van der Waals surface area contributed by atoms with Crippen molar-refractivity contribution in [1.29, 1.82) is 0 Å². The van der Waals surface area contributed by atoms with Gasteiger partial charge in [0.05, 0.1) is 0 Å². The Balaban J connectivity index is 2.16. The maximum absolute atomic E-state index is 2.43. The summed E-state index contributed by atoms with van der Waals surface area (Å²) >= 11 is 4.35. The van der Waals surface area contributed by atoms with Gasteiger partial charge in [-0.25, -0.2) is 0 Å². The molecule has 0 spiro atoms. The van der Waals surface area contributed by atoms with E-state index >= 15 is 0 Å². The molecule has 0 saturated carbocycles. The molecule has 2 unspecified atom stereocenters. The van der Waals surface area contributed by atoms with Crippen LogP contribution in [-0.2, 0) is 0 Å². The van der Waals surface area contributed by atoms with E-state index in [2.05, 4.69) is 37.4 Å². The molecule has 0 bridgehead atoms. The summed E-state index contributed by atoms with van der Waals surface area (Å²) in [4.78, 5) is 0. The summed E-state index contributed by atoms with van der Waals surface area (Å²) in [7, 11) is 0. The summed E-state index contributed by atoms with van der Waals surface area (Å²) in [6.07, 6.45) is 0. The second-order valence-electron chi connectivity index (χ2n) is 3.98. The maximum atomic E-state index is 2.43. The summed E-state index contributed by atoms with van der Waals surface area (Å²) in [5.41, 5.74) is 0.638. The minimum Gasteiger partial charge on any atom is -0.160 e. The van der Waals surface area contributed by atoms with Crippen molar-refractivity contribution < 1.29 is 0 Å². The molecular weight excluding hydrogens is 160 g/mol. The van der Waals surface area contributed by atoms with Crippen LogP contribution < -0.4 is 0 Å². The Hall–Kier alpha value is 0.700. The molecule has 0 N–H and O–H groups in total. The first-order valence-corrected chi connectivity index (χ1v) is 6.10. The summed E-state index contributed by atoms with van der Waals surface area (Å²) in [5, 5.41) is 1.000. The topological polar surface area (TPSA) is 0 Å². The highest BCUT2D eigenvalue weighted by Crippen LogP contribution is 2.51. The molecule has 0 aromatic carbocycles. The van der Waals surface area contributed by atoms with Gasteiger partial charge in [-0.15, -0.1) is 0 Å². The SMILES string of the molecule is CC1(C)CSC2CSCC21. The lowest BCUT2D eigenvalue weighted by molar-refractivity contribution is 0.302. The van der Waals surface area contributed by atoms with E-state index in [0.717, 1.165) is 11.2 Å². The molecule has 10 heavy (non-hydrogen) atoms. The standard InChI is InChI=1S/C8H14S2/c1-8(2)5-10-7-4-9-3-6(7)8/h6-7H,3-5H2,1-2H3. The molecule has 2 fully saturated rings. The van der Waals surface area contributed by atoms with Crippen LogP contribution in [0.4, 0.5) is 0 Å². The van der Waals surface area contributed by atoms with Gasteiger partial charge in [0.25, 0.3) is 0 Å². The Labute approximate surface area is 71.5 Å². The molecule has 0 aromatic heterocycles. The molecule has 2 atom stereocenters. The van der Waals surface area contributed by atoms with Gasteiger partial charge in [0.2, 0.25) is 0 Å². The van der Waals surface area contributed by atoms with Crippen molar-refractivity contribution in [3.8, 4) is 0 Å². The number of rotatable bonds is 0. The summed E-state index contributed by atoms with van der Waals surface area (Å²) in [6.45, 7) is 4.85. The Bertz CT molecular complexity index is 142. The summed E-state index contributed by atoms with van der Waals surface area (Å²) in [5.74, 6) is 5.24. The monoisotopic (exact) mass is 174 g/mol. The Morgan fingerprint density at radius 3 is 2.80 bits per heavy atom. The molecule has 0 nitrogen and oxygen atoms in total. The number of hydrogen-bond acceptors (Lipinski definition) is 2. The zero-order valence-corrected chi connectivity index (χ0v) is 8.23. The van der Waals surface area contributed by atoms with E-state index in [4.69, 9.17) is 0 Å². The van der Waals surface area contributed by atoms with Crippen LogP contribution in [0, 0.1) is 11.3 Å². The van der Waals surface area contributed by atoms with Crippen molar-refractivity contribution >= 4 is 23.5 Å². The van der Waals surface area contributed by atoms with Gasteiger partial charge < -0.3 is 0 Å². The van der Waals surface area contributed by atoms with Gasteiger partial charge in [0.15, 0.2) is 0 Å². The lowest BCUT2D eigenvalue weighted by atomic mass is 9.81. The molecular formula is C8H14S2. The molecule has 0 aromatic rings. The van der Waals surface area contributed by atoms with Gasteiger partial charge in [-0.1, -0.05) is 13.8 Å². The highest BCUT2D eigenvalue weighted by molar-refractivity contribution is 8.04. The lowest BCUT2D eigenvalue weighted by Crippen LogP contribution is -2.24. The van der Waals surface area contributed by atoms with E-state index in [1.165, 1.54) is 17.3 Å². The van der Waals surface area contributed by atoms with E-state index in [0.29, 0.717) is 5.41 Å². The first-order chi connectivity index (χ1) is 4.70. The van der Waals surface area contributed by atoms with Crippen molar-refractivity contribution in [2.24, 2.45) is 11.3 Å². The van der Waals surface area contributed by atoms with E-state index in [9.17, 15) is 0 Å². The van der Waals surface area contributed by atoms with Gasteiger partial charge in [-0.2, -0.15) is 23.5 Å². The zero-order valence-electron chi connectivity index (χ0n) is 6.59. The molecule has 2 rings (SSSR count).